The third kappa shape index (κ3) is 2.81. The van der Waals surface area contributed by atoms with Gasteiger partial charge in [-0.2, -0.15) is 0 Å². The first-order valence-electron chi connectivity index (χ1n) is 7.68. The highest BCUT2D eigenvalue weighted by Crippen LogP contribution is 2.34. The average Bonchev–Trinajstić information content (AvgIpc) is 3.01. The Hall–Kier alpha value is -1.80. The van der Waals surface area contributed by atoms with Gasteiger partial charge in [0.15, 0.2) is 0 Å². The first-order valence-corrected chi connectivity index (χ1v) is 7.68. The predicted octanol–water partition coefficient (Wildman–Crippen LogP) is 4.40. The van der Waals surface area contributed by atoms with E-state index in [9.17, 15) is 0 Å². The highest BCUT2D eigenvalue weighted by Gasteiger charge is 2.17. The van der Waals surface area contributed by atoms with Crippen LogP contribution in [-0.2, 0) is 0 Å². The van der Waals surface area contributed by atoms with Gasteiger partial charge in [0, 0.05) is 11.6 Å². The van der Waals surface area contributed by atoms with Gasteiger partial charge in [0.1, 0.15) is 5.75 Å². The average molecular weight is 281 g/mol. The van der Waals surface area contributed by atoms with Crippen molar-refractivity contribution in [2.45, 2.75) is 32.7 Å². The zero-order valence-electron chi connectivity index (χ0n) is 13.1. The summed E-state index contributed by atoms with van der Waals surface area (Å²) in [6, 6.07) is 13.7. The largest absolute Gasteiger partial charge is 0.496 e. The lowest BCUT2D eigenvalue weighted by atomic mass is 9.94. The third-order valence-electron chi connectivity index (χ3n) is 4.36. The second-order valence-electron chi connectivity index (χ2n) is 5.93. The van der Waals surface area contributed by atoms with E-state index < -0.39 is 0 Å². The van der Waals surface area contributed by atoms with Gasteiger partial charge in [-0.25, -0.2) is 0 Å². The second-order valence-corrected chi connectivity index (χ2v) is 5.93. The zero-order chi connectivity index (χ0) is 14.8. The Labute approximate surface area is 127 Å². The van der Waals surface area contributed by atoms with Crippen molar-refractivity contribution in [3.05, 3.63) is 53.1 Å². The molecule has 0 bridgehead atoms. The number of methoxy groups -OCH3 is 1. The van der Waals surface area contributed by atoms with Crippen LogP contribution in [-0.4, -0.2) is 13.7 Å². The molecule has 1 unspecified atom stereocenters. The summed E-state index contributed by atoms with van der Waals surface area (Å²) in [5, 5.41) is 3.56. The van der Waals surface area contributed by atoms with E-state index in [0.717, 1.165) is 12.3 Å². The summed E-state index contributed by atoms with van der Waals surface area (Å²) in [6.45, 7) is 5.42. The molecule has 2 heteroatoms. The van der Waals surface area contributed by atoms with Gasteiger partial charge in [0.25, 0.3) is 0 Å². The van der Waals surface area contributed by atoms with E-state index in [4.69, 9.17) is 4.74 Å². The lowest BCUT2D eigenvalue weighted by Gasteiger charge is -2.16. The third-order valence-corrected chi connectivity index (χ3v) is 4.36. The highest BCUT2D eigenvalue weighted by atomic mass is 16.5. The first-order chi connectivity index (χ1) is 10.2. The minimum atomic E-state index is 0.526. The van der Waals surface area contributed by atoms with Crippen molar-refractivity contribution in [1.29, 1.82) is 0 Å². The van der Waals surface area contributed by atoms with Gasteiger partial charge in [-0.1, -0.05) is 30.3 Å². The number of benzene rings is 2. The molecule has 1 atom stereocenters. The van der Waals surface area contributed by atoms with Crippen molar-refractivity contribution >= 4 is 0 Å². The van der Waals surface area contributed by atoms with Crippen LogP contribution in [0, 0.1) is 13.8 Å². The molecule has 2 aromatic rings. The molecule has 2 aromatic carbocycles. The normalized spacial score (nSPS) is 18.0. The monoisotopic (exact) mass is 281 g/mol. The van der Waals surface area contributed by atoms with Crippen LogP contribution in [0.15, 0.2) is 36.4 Å². The zero-order valence-corrected chi connectivity index (χ0v) is 13.1. The van der Waals surface area contributed by atoms with Crippen molar-refractivity contribution in [1.82, 2.24) is 5.32 Å². The Balaban J connectivity index is 1.99. The van der Waals surface area contributed by atoms with Crippen molar-refractivity contribution in [3.8, 4) is 16.9 Å². The first kappa shape index (κ1) is 14.2. The Bertz CT molecular complexity index is 642. The van der Waals surface area contributed by atoms with Crippen LogP contribution in [0.5, 0.6) is 5.75 Å². The number of hydrogen-bond donors (Lipinski definition) is 1. The number of hydrogen-bond acceptors (Lipinski definition) is 2. The second kappa shape index (κ2) is 5.90. The molecule has 0 aliphatic carbocycles. The van der Waals surface area contributed by atoms with Crippen molar-refractivity contribution < 1.29 is 4.74 Å². The van der Waals surface area contributed by atoms with Gasteiger partial charge in [0.05, 0.1) is 7.11 Å². The Kier molecular flexibility index (Phi) is 3.98. The lowest BCUT2D eigenvalue weighted by molar-refractivity contribution is 0.416. The standard InChI is InChI=1S/C19H23NO/c1-13-6-8-17(19(11-13)21-3)16-9-7-15(12-14(16)2)18-5-4-10-20-18/h6-9,11-12,18,20H,4-5,10H2,1-3H3. The van der Waals surface area contributed by atoms with Gasteiger partial charge in [-0.15, -0.1) is 0 Å². The summed E-state index contributed by atoms with van der Waals surface area (Å²) >= 11 is 0. The smallest absolute Gasteiger partial charge is 0.126 e. The molecule has 3 rings (SSSR count). The molecule has 0 amide bonds. The van der Waals surface area contributed by atoms with E-state index in [0.29, 0.717) is 6.04 Å². The molecule has 1 aliphatic rings. The lowest BCUT2D eigenvalue weighted by Crippen LogP contribution is -2.12. The molecule has 0 radical (unpaired) electrons. The van der Waals surface area contributed by atoms with Crippen LogP contribution < -0.4 is 10.1 Å². The fourth-order valence-corrected chi connectivity index (χ4v) is 3.20. The Morgan fingerprint density at radius 1 is 1.05 bits per heavy atom. The number of ether oxygens (including phenoxy) is 1. The summed E-state index contributed by atoms with van der Waals surface area (Å²) < 4.78 is 5.55. The molecular formula is C19H23NO. The molecule has 2 nitrogen and oxygen atoms in total. The van der Waals surface area contributed by atoms with E-state index in [1.807, 2.05) is 0 Å². The number of rotatable bonds is 3. The number of aryl methyl sites for hydroxylation is 2. The van der Waals surface area contributed by atoms with E-state index in [2.05, 4.69) is 55.6 Å². The maximum absolute atomic E-state index is 5.55. The molecule has 110 valence electrons. The van der Waals surface area contributed by atoms with Gasteiger partial charge >= 0.3 is 0 Å². The van der Waals surface area contributed by atoms with Gasteiger partial charge in [-0.3, -0.25) is 0 Å². The highest BCUT2D eigenvalue weighted by molar-refractivity contribution is 5.74. The quantitative estimate of drug-likeness (QED) is 0.900. The molecular weight excluding hydrogens is 258 g/mol. The summed E-state index contributed by atoms with van der Waals surface area (Å²) in [5.41, 5.74) is 6.36. The van der Waals surface area contributed by atoms with E-state index in [-0.39, 0.29) is 0 Å². The van der Waals surface area contributed by atoms with Crippen molar-refractivity contribution in [2.24, 2.45) is 0 Å². The maximum atomic E-state index is 5.55. The SMILES string of the molecule is COc1cc(C)ccc1-c1ccc(C2CCCN2)cc1C. The molecule has 1 heterocycles. The number of nitrogens with one attached hydrogen (secondary N) is 1. The molecule has 1 fully saturated rings. The summed E-state index contributed by atoms with van der Waals surface area (Å²) in [6.07, 6.45) is 2.52. The topological polar surface area (TPSA) is 21.3 Å². The molecule has 0 aromatic heterocycles. The van der Waals surface area contributed by atoms with Crippen molar-refractivity contribution in [2.75, 3.05) is 13.7 Å². The van der Waals surface area contributed by atoms with Crippen LogP contribution in [0.2, 0.25) is 0 Å². The van der Waals surface area contributed by atoms with Gasteiger partial charge < -0.3 is 10.1 Å². The minimum Gasteiger partial charge on any atom is -0.496 e. The molecule has 1 saturated heterocycles. The van der Waals surface area contributed by atoms with E-state index in [1.54, 1.807) is 7.11 Å². The summed E-state index contributed by atoms with van der Waals surface area (Å²) in [4.78, 5) is 0. The molecule has 0 saturated carbocycles. The van der Waals surface area contributed by atoms with E-state index in [1.165, 1.54) is 40.7 Å². The van der Waals surface area contributed by atoms with Crippen LogP contribution in [0.4, 0.5) is 0 Å². The molecule has 21 heavy (non-hydrogen) atoms. The van der Waals surface area contributed by atoms with E-state index >= 15 is 0 Å². The fraction of sp³-hybridized carbons (Fsp3) is 0.368. The summed E-state index contributed by atoms with van der Waals surface area (Å²) in [5.74, 6) is 0.949. The summed E-state index contributed by atoms with van der Waals surface area (Å²) in [7, 11) is 1.74. The van der Waals surface area contributed by atoms with Crippen LogP contribution in [0.1, 0.15) is 35.6 Å². The molecule has 0 spiro atoms. The molecule has 1 aliphatic heterocycles. The maximum Gasteiger partial charge on any atom is 0.126 e. The minimum absolute atomic E-state index is 0.526. The Morgan fingerprint density at radius 2 is 1.86 bits per heavy atom. The fourth-order valence-electron chi connectivity index (χ4n) is 3.20. The van der Waals surface area contributed by atoms with Gasteiger partial charge in [0.2, 0.25) is 0 Å². The van der Waals surface area contributed by atoms with Gasteiger partial charge in [-0.05, 0) is 61.6 Å². The van der Waals surface area contributed by atoms with Crippen molar-refractivity contribution in [3.63, 3.8) is 0 Å². The van der Waals surface area contributed by atoms with Crippen LogP contribution in [0.25, 0.3) is 11.1 Å². The predicted molar refractivity (Wildman–Crippen MR) is 87.9 cm³/mol. The van der Waals surface area contributed by atoms with Crippen LogP contribution >= 0.6 is 0 Å². The van der Waals surface area contributed by atoms with Crippen LogP contribution in [0.3, 0.4) is 0 Å². The Morgan fingerprint density at radius 3 is 2.52 bits per heavy atom. The molecule has 1 N–H and O–H groups in total.